The highest BCUT2D eigenvalue weighted by molar-refractivity contribution is 7.99. The minimum Gasteiger partial charge on any atom is -0.354 e. The van der Waals surface area contributed by atoms with Crippen LogP contribution in [0.3, 0.4) is 0 Å². The molecule has 2 aromatic carbocycles. The Morgan fingerprint density at radius 2 is 1.82 bits per heavy atom. The Morgan fingerprint density at radius 1 is 1.06 bits per heavy atom. The molecule has 0 unspecified atom stereocenters. The first-order valence-corrected chi connectivity index (χ1v) is 12.4. The molecule has 1 saturated carbocycles. The maximum absolute atomic E-state index is 15.2. The van der Waals surface area contributed by atoms with Gasteiger partial charge in [-0.1, -0.05) is 6.07 Å². The van der Waals surface area contributed by atoms with E-state index in [9.17, 15) is 9.59 Å². The molecule has 172 valence electrons. The van der Waals surface area contributed by atoms with Crippen LogP contribution in [-0.2, 0) is 0 Å². The monoisotopic (exact) mass is 467 g/mol. The Labute approximate surface area is 196 Å². The van der Waals surface area contributed by atoms with Crippen LogP contribution in [0, 0.1) is 5.82 Å². The van der Waals surface area contributed by atoms with Gasteiger partial charge in [0.25, 0.3) is 11.8 Å². The Kier molecular flexibility index (Phi) is 6.22. The number of carbonyl (C=O) groups excluding carboxylic acids is 2. The van der Waals surface area contributed by atoms with Crippen LogP contribution in [0.5, 0.6) is 0 Å². The van der Waals surface area contributed by atoms with Gasteiger partial charge in [-0.25, -0.2) is 4.39 Å². The van der Waals surface area contributed by atoms with E-state index in [-0.39, 0.29) is 17.4 Å². The number of amides is 2. The molecule has 7 nitrogen and oxygen atoms in total. The van der Waals surface area contributed by atoms with Crippen molar-refractivity contribution in [1.82, 2.24) is 15.5 Å². The maximum atomic E-state index is 15.2. The molecule has 9 heteroatoms. The van der Waals surface area contributed by atoms with E-state index in [0.29, 0.717) is 36.0 Å². The summed E-state index contributed by atoms with van der Waals surface area (Å²) >= 11 is 1.85. The van der Waals surface area contributed by atoms with E-state index in [1.165, 1.54) is 6.07 Å². The molecule has 3 aliphatic rings. The van der Waals surface area contributed by atoms with Gasteiger partial charge in [0.05, 0.1) is 5.69 Å². The van der Waals surface area contributed by atoms with Crippen molar-refractivity contribution < 1.29 is 14.0 Å². The van der Waals surface area contributed by atoms with E-state index in [1.807, 2.05) is 22.7 Å². The Hall–Kier alpha value is -3.07. The summed E-state index contributed by atoms with van der Waals surface area (Å²) in [6, 6.07) is 10.2. The number of halogens is 1. The van der Waals surface area contributed by atoms with Crippen LogP contribution in [0.15, 0.2) is 41.4 Å². The van der Waals surface area contributed by atoms with E-state index in [1.54, 1.807) is 24.3 Å². The van der Waals surface area contributed by atoms with Gasteiger partial charge in [0, 0.05) is 54.5 Å². The van der Waals surface area contributed by atoms with Crippen molar-refractivity contribution in [1.29, 1.82) is 0 Å². The summed E-state index contributed by atoms with van der Waals surface area (Å²) in [6.07, 6.45) is 1.91. The molecular formula is C24H26FN5O2S. The highest BCUT2D eigenvalue weighted by Gasteiger charge is 2.29. The Bertz CT molecular complexity index is 1100. The topological polar surface area (TPSA) is 85.8 Å². The summed E-state index contributed by atoms with van der Waals surface area (Å²) < 4.78 is 15.2. The van der Waals surface area contributed by atoms with Crippen LogP contribution in [-0.4, -0.2) is 60.4 Å². The van der Waals surface area contributed by atoms with Crippen LogP contribution in [0.1, 0.15) is 45.0 Å². The summed E-state index contributed by atoms with van der Waals surface area (Å²) in [6.45, 7) is 2.89. The summed E-state index contributed by atoms with van der Waals surface area (Å²) in [5, 5.41) is 9.14. The molecule has 5 rings (SSSR count). The molecule has 2 amide bonds. The van der Waals surface area contributed by atoms with E-state index in [2.05, 4.69) is 20.9 Å². The molecule has 0 aromatic heterocycles. The van der Waals surface area contributed by atoms with Crippen LogP contribution >= 0.6 is 11.8 Å². The third-order valence-corrected chi connectivity index (χ3v) is 6.93. The second-order valence-corrected chi connectivity index (χ2v) is 9.65. The first kappa shape index (κ1) is 21.8. The molecular weight excluding hydrogens is 441 g/mol. The molecule has 2 aliphatic heterocycles. The highest BCUT2D eigenvalue weighted by Crippen LogP contribution is 2.45. The third-order valence-electron chi connectivity index (χ3n) is 5.99. The second-order valence-electron chi connectivity index (χ2n) is 8.43. The van der Waals surface area contributed by atoms with E-state index in [4.69, 9.17) is 0 Å². The predicted octanol–water partition coefficient (Wildman–Crippen LogP) is 3.32. The zero-order valence-corrected chi connectivity index (χ0v) is 19.0. The smallest absolute Gasteiger partial charge is 0.280 e. The van der Waals surface area contributed by atoms with Crippen LogP contribution < -0.4 is 16.0 Å². The van der Waals surface area contributed by atoms with Gasteiger partial charge in [0.2, 0.25) is 0 Å². The van der Waals surface area contributed by atoms with Crippen molar-refractivity contribution >= 4 is 40.9 Å². The molecule has 3 N–H and O–H groups in total. The molecule has 0 spiro atoms. The summed E-state index contributed by atoms with van der Waals surface area (Å²) in [5.41, 5.74) is 2.59. The zero-order valence-electron chi connectivity index (χ0n) is 18.2. The average molecular weight is 468 g/mol. The fourth-order valence-electron chi connectivity index (χ4n) is 4.09. The van der Waals surface area contributed by atoms with E-state index < -0.39 is 11.7 Å². The van der Waals surface area contributed by atoms with Crippen molar-refractivity contribution in [2.24, 2.45) is 4.99 Å². The first-order valence-electron chi connectivity index (χ1n) is 11.3. The molecule has 3 fully saturated rings. The number of benzene rings is 2. The van der Waals surface area contributed by atoms with Crippen molar-refractivity contribution in [2.45, 2.75) is 18.8 Å². The zero-order chi connectivity index (χ0) is 22.8. The number of nitrogens with zero attached hydrogens (tertiary/aromatic N) is 2. The summed E-state index contributed by atoms with van der Waals surface area (Å²) in [7, 11) is 0. The average Bonchev–Trinajstić information content (AvgIpc) is 3.56. The van der Waals surface area contributed by atoms with Gasteiger partial charge in [0.1, 0.15) is 5.82 Å². The number of aliphatic imine (C=N–C) groups is 1. The fraction of sp³-hybridized carbons (Fsp3) is 0.375. The number of carbonyl (C=O) groups is 2. The molecule has 2 heterocycles. The van der Waals surface area contributed by atoms with Crippen molar-refractivity contribution in [3.63, 3.8) is 0 Å². The Balaban J connectivity index is 1.40. The van der Waals surface area contributed by atoms with Crippen molar-refractivity contribution in [2.75, 3.05) is 43.0 Å². The number of hydrogen-bond acceptors (Lipinski definition) is 4. The standard InChI is InChI=1S/C24H26FN5O2S/c25-20-14-17(22(31)29-24-26-6-7-27-24)13-19(15-4-5-15)21(20)28-18-3-1-2-16(12-18)23(32)30-8-10-33-11-9-30/h1-3,12-15,28H,4-11H2,(H2,26,27,29,31). The largest absolute Gasteiger partial charge is 0.354 e. The number of hydrogen-bond donors (Lipinski definition) is 3. The molecule has 2 aromatic rings. The quantitative estimate of drug-likeness (QED) is 0.626. The van der Waals surface area contributed by atoms with Gasteiger partial charge >= 0.3 is 0 Å². The normalized spacial score (nSPS) is 17.8. The number of anilines is 2. The van der Waals surface area contributed by atoms with Crippen LogP contribution in [0.2, 0.25) is 0 Å². The van der Waals surface area contributed by atoms with Gasteiger partial charge < -0.3 is 20.9 Å². The number of nitrogens with one attached hydrogen (secondary N) is 3. The summed E-state index contributed by atoms with van der Waals surface area (Å²) in [4.78, 5) is 31.3. The van der Waals surface area contributed by atoms with Gasteiger partial charge in [-0.3, -0.25) is 9.59 Å². The number of thioether (sulfide) groups is 1. The maximum Gasteiger partial charge on any atom is 0.280 e. The van der Waals surface area contributed by atoms with Crippen molar-refractivity contribution in [3.05, 3.63) is 58.9 Å². The minimum atomic E-state index is -0.500. The SMILES string of the molecule is O=C(N=C1NCCN1)c1cc(F)c(Nc2cccc(C(=O)N3CCSCC3)c2)c(C2CC2)c1. The fourth-order valence-corrected chi connectivity index (χ4v) is 5.00. The number of guanidine groups is 1. The van der Waals surface area contributed by atoms with Gasteiger partial charge in [-0.05, 0) is 54.7 Å². The first-order chi connectivity index (χ1) is 16.1. The minimum absolute atomic E-state index is 0.00368. The van der Waals surface area contributed by atoms with Crippen LogP contribution in [0.4, 0.5) is 15.8 Å². The molecule has 0 atom stereocenters. The van der Waals surface area contributed by atoms with E-state index >= 15 is 4.39 Å². The lowest BCUT2D eigenvalue weighted by atomic mass is 10.0. The second kappa shape index (κ2) is 9.43. The molecule has 33 heavy (non-hydrogen) atoms. The lowest BCUT2D eigenvalue weighted by Crippen LogP contribution is -2.37. The predicted molar refractivity (Wildman–Crippen MR) is 129 cm³/mol. The Morgan fingerprint density at radius 3 is 2.55 bits per heavy atom. The third kappa shape index (κ3) is 4.98. The molecule has 0 radical (unpaired) electrons. The van der Waals surface area contributed by atoms with E-state index in [0.717, 1.165) is 43.0 Å². The molecule has 0 bridgehead atoms. The van der Waals surface area contributed by atoms with Crippen molar-refractivity contribution in [3.8, 4) is 0 Å². The van der Waals surface area contributed by atoms with Gasteiger partial charge in [-0.15, -0.1) is 0 Å². The van der Waals surface area contributed by atoms with Gasteiger partial charge in [-0.2, -0.15) is 16.8 Å². The summed E-state index contributed by atoms with van der Waals surface area (Å²) in [5.74, 6) is 1.54. The highest BCUT2D eigenvalue weighted by atomic mass is 32.2. The molecule has 1 aliphatic carbocycles. The number of rotatable bonds is 5. The van der Waals surface area contributed by atoms with Crippen LogP contribution in [0.25, 0.3) is 0 Å². The van der Waals surface area contributed by atoms with Gasteiger partial charge in [0.15, 0.2) is 5.96 Å². The molecule has 2 saturated heterocycles. The lowest BCUT2D eigenvalue weighted by molar-refractivity contribution is 0.0772. The lowest BCUT2D eigenvalue weighted by Gasteiger charge is -2.26.